The zero-order valence-corrected chi connectivity index (χ0v) is 11.9. The fourth-order valence-electron chi connectivity index (χ4n) is 1.45. The number of rotatable bonds is 4. The smallest absolute Gasteiger partial charge is 0.267 e. The van der Waals surface area contributed by atoms with Crippen molar-refractivity contribution in [2.24, 2.45) is 5.41 Å². The largest absolute Gasteiger partial charge is 0.298 e. The second kappa shape index (κ2) is 5.46. The van der Waals surface area contributed by atoms with E-state index in [1.54, 1.807) is 17.8 Å². The monoisotopic (exact) mass is 297 g/mol. The highest BCUT2D eigenvalue weighted by atomic mass is 79.9. The first-order valence-electron chi connectivity index (χ1n) is 5.50. The Hall–Kier alpha value is -1.15. The van der Waals surface area contributed by atoms with E-state index in [2.05, 4.69) is 27.0 Å². The highest BCUT2D eigenvalue weighted by molar-refractivity contribution is 9.10. The zero-order valence-electron chi connectivity index (χ0n) is 10.3. The van der Waals surface area contributed by atoms with Gasteiger partial charge in [0.05, 0.1) is 23.5 Å². The molecular formula is C12H16BrN3O. The van der Waals surface area contributed by atoms with Gasteiger partial charge < -0.3 is 0 Å². The summed E-state index contributed by atoms with van der Waals surface area (Å²) in [6.45, 7) is 6.18. The predicted octanol–water partition coefficient (Wildman–Crippen LogP) is 2.64. The number of halogens is 1. The van der Waals surface area contributed by atoms with E-state index < -0.39 is 0 Å². The highest BCUT2D eigenvalue weighted by Gasteiger charge is 2.16. The summed E-state index contributed by atoms with van der Waals surface area (Å²) >= 11 is 3.23. The number of hydrogen-bond acceptors (Lipinski definition) is 3. The molecule has 0 saturated heterocycles. The minimum absolute atomic E-state index is 0.0627. The van der Waals surface area contributed by atoms with Crippen LogP contribution in [0.4, 0.5) is 0 Å². The Morgan fingerprint density at radius 2 is 2.24 bits per heavy atom. The standard InChI is InChI=1S/C12H16BrN3O/c1-9-10(13)11(17)16(8-15-9)6-4-5-12(2,3)7-14/h8H,4-6H2,1-3H3. The normalized spacial score (nSPS) is 11.2. The van der Waals surface area contributed by atoms with E-state index in [1.165, 1.54) is 0 Å². The van der Waals surface area contributed by atoms with Crippen LogP contribution in [0.3, 0.4) is 0 Å². The molecule has 4 nitrogen and oxygen atoms in total. The summed E-state index contributed by atoms with van der Waals surface area (Å²) in [6.07, 6.45) is 3.11. The second-order valence-electron chi connectivity index (χ2n) is 4.74. The molecule has 0 aliphatic carbocycles. The Morgan fingerprint density at radius 1 is 1.59 bits per heavy atom. The summed E-state index contributed by atoms with van der Waals surface area (Å²) in [4.78, 5) is 16.0. The second-order valence-corrected chi connectivity index (χ2v) is 5.53. The number of hydrogen-bond donors (Lipinski definition) is 0. The van der Waals surface area contributed by atoms with Gasteiger partial charge in [0, 0.05) is 6.54 Å². The Labute approximate surface area is 109 Å². The van der Waals surface area contributed by atoms with Crippen molar-refractivity contribution in [3.8, 4) is 6.07 Å². The zero-order chi connectivity index (χ0) is 13.1. The molecule has 0 fully saturated rings. The maximum absolute atomic E-state index is 11.8. The van der Waals surface area contributed by atoms with Crippen molar-refractivity contribution in [1.82, 2.24) is 9.55 Å². The molecule has 0 aliphatic heterocycles. The van der Waals surface area contributed by atoms with E-state index in [1.807, 2.05) is 13.8 Å². The van der Waals surface area contributed by atoms with E-state index in [9.17, 15) is 4.79 Å². The molecule has 0 aromatic carbocycles. The van der Waals surface area contributed by atoms with Gasteiger partial charge in [-0.3, -0.25) is 9.36 Å². The average Bonchev–Trinajstić information content (AvgIpc) is 2.29. The molecule has 17 heavy (non-hydrogen) atoms. The number of aryl methyl sites for hydroxylation is 2. The van der Waals surface area contributed by atoms with Crippen molar-refractivity contribution < 1.29 is 0 Å². The van der Waals surface area contributed by atoms with Crippen molar-refractivity contribution in [2.45, 2.75) is 40.2 Å². The maximum atomic E-state index is 11.8. The van der Waals surface area contributed by atoms with Crippen LogP contribution in [0.15, 0.2) is 15.6 Å². The Morgan fingerprint density at radius 3 is 2.82 bits per heavy atom. The number of aromatic nitrogens is 2. The van der Waals surface area contributed by atoms with Gasteiger partial charge in [-0.05, 0) is 49.5 Å². The first-order chi connectivity index (χ1) is 7.87. The quantitative estimate of drug-likeness (QED) is 0.858. The minimum atomic E-state index is -0.334. The Bertz CT molecular complexity index is 499. The molecule has 1 aromatic rings. The molecule has 0 unspecified atom stereocenters. The molecule has 5 heteroatoms. The fourth-order valence-corrected chi connectivity index (χ4v) is 1.78. The lowest BCUT2D eigenvalue weighted by atomic mass is 9.90. The van der Waals surface area contributed by atoms with E-state index in [4.69, 9.17) is 5.26 Å². The molecule has 0 amide bonds. The lowest BCUT2D eigenvalue weighted by Crippen LogP contribution is -2.23. The van der Waals surface area contributed by atoms with Gasteiger partial charge in [-0.25, -0.2) is 4.98 Å². The third-order valence-electron chi connectivity index (χ3n) is 2.66. The third-order valence-corrected chi connectivity index (χ3v) is 3.57. The number of nitrogens with zero attached hydrogens (tertiary/aromatic N) is 3. The van der Waals surface area contributed by atoms with E-state index in [-0.39, 0.29) is 11.0 Å². The fraction of sp³-hybridized carbons (Fsp3) is 0.583. The molecule has 0 N–H and O–H groups in total. The maximum Gasteiger partial charge on any atom is 0.267 e. The van der Waals surface area contributed by atoms with Crippen molar-refractivity contribution >= 4 is 15.9 Å². The molecule has 0 saturated carbocycles. The summed E-state index contributed by atoms with van der Waals surface area (Å²) in [5, 5.41) is 8.89. The number of nitriles is 1. The molecule has 1 rings (SSSR count). The van der Waals surface area contributed by atoms with Crippen LogP contribution in [0.1, 0.15) is 32.4 Å². The van der Waals surface area contributed by atoms with Crippen LogP contribution in [0.5, 0.6) is 0 Å². The van der Waals surface area contributed by atoms with Crippen molar-refractivity contribution in [3.63, 3.8) is 0 Å². The Balaban J connectivity index is 2.70. The van der Waals surface area contributed by atoms with Crippen molar-refractivity contribution in [1.29, 1.82) is 5.26 Å². The van der Waals surface area contributed by atoms with Crippen LogP contribution in [-0.4, -0.2) is 9.55 Å². The van der Waals surface area contributed by atoms with Crippen molar-refractivity contribution in [2.75, 3.05) is 0 Å². The minimum Gasteiger partial charge on any atom is -0.298 e. The summed E-state index contributed by atoms with van der Waals surface area (Å²) in [7, 11) is 0. The first kappa shape index (κ1) is 13.9. The van der Waals surface area contributed by atoms with Crippen molar-refractivity contribution in [3.05, 3.63) is 26.8 Å². The van der Waals surface area contributed by atoms with Gasteiger partial charge in [0.1, 0.15) is 4.47 Å². The summed E-state index contributed by atoms with van der Waals surface area (Å²) in [5.74, 6) is 0. The van der Waals surface area contributed by atoms with E-state index >= 15 is 0 Å². The van der Waals surface area contributed by atoms with Gasteiger partial charge in [0.2, 0.25) is 0 Å². The van der Waals surface area contributed by atoms with Crippen LogP contribution >= 0.6 is 15.9 Å². The summed E-state index contributed by atoms with van der Waals surface area (Å²) in [5.41, 5.74) is 0.301. The molecule has 0 atom stereocenters. The van der Waals surface area contributed by atoms with E-state index in [0.29, 0.717) is 16.7 Å². The van der Waals surface area contributed by atoms with Gasteiger partial charge >= 0.3 is 0 Å². The lowest BCUT2D eigenvalue weighted by Gasteiger charge is -2.15. The van der Waals surface area contributed by atoms with Crippen LogP contribution < -0.4 is 5.56 Å². The lowest BCUT2D eigenvalue weighted by molar-refractivity contribution is 0.412. The van der Waals surface area contributed by atoms with Gasteiger partial charge in [-0.2, -0.15) is 5.26 Å². The average molecular weight is 298 g/mol. The van der Waals surface area contributed by atoms with Gasteiger partial charge in [-0.1, -0.05) is 0 Å². The van der Waals surface area contributed by atoms with Gasteiger partial charge in [0.15, 0.2) is 0 Å². The van der Waals surface area contributed by atoms with Crippen LogP contribution in [0.25, 0.3) is 0 Å². The summed E-state index contributed by atoms with van der Waals surface area (Å²) < 4.78 is 2.09. The van der Waals surface area contributed by atoms with Crippen LogP contribution in [0, 0.1) is 23.7 Å². The topological polar surface area (TPSA) is 58.7 Å². The highest BCUT2D eigenvalue weighted by Crippen LogP contribution is 2.20. The first-order valence-corrected chi connectivity index (χ1v) is 6.29. The summed E-state index contributed by atoms with van der Waals surface area (Å²) in [6, 6.07) is 2.25. The van der Waals surface area contributed by atoms with E-state index in [0.717, 1.165) is 12.8 Å². The predicted molar refractivity (Wildman–Crippen MR) is 69.6 cm³/mol. The molecule has 1 heterocycles. The SMILES string of the molecule is Cc1ncn(CCCC(C)(C)C#N)c(=O)c1Br. The van der Waals surface area contributed by atoms with Crippen LogP contribution in [0.2, 0.25) is 0 Å². The third kappa shape index (κ3) is 3.67. The Kier molecular flexibility index (Phi) is 4.47. The van der Waals surface area contributed by atoms with Crippen LogP contribution in [-0.2, 0) is 6.54 Å². The molecule has 92 valence electrons. The molecule has 0 bridgehead atoms. The molecule has 0 spiro atoms. The molecule has 0 radical (unpaired) electrons. The molecule has 0 aliphatic rings. The molecular weight excluding hydrogens is 282 g/mol. The van der Waals surface area contributed by atoms with Gasteiger partial charge in [0.25, 0.3) is 5.56 Å². The van der Waals surface area contributed by atoms with Gasteiger partial charge in [-0.15, -0.1) is 0 Å². The molecule has 1 aromatic heterocycles.